The van der Waals surface area contributed by atoms with Gasteiger partial charge in [0.05, 0.1) is 19.3 Å². The molecular weight excluding hydrogens is 502 g/mol. The van der Waals surface area contributed by atoms with E-state index in [0.717, 1.165) is 41.5 Å². The van der Waals surface area contributed by atoms with E-state index in [0.29, 0.717) is 13.0 Å². The Labute approximate surface area is 238 Å². The number of amides is 2. The van der Waals surface area contributed by atoms with Crippen LogP contribution in [0.2, 0.25) is 0 Å². The minimum absolute atomic E-state index is 0.0427. The molecule has 0 saturated carbocycles. The Morgan fingerprint density at radius 1 is 0.900 bits per heavy atom. The molecule has 0 spiro atoms. The number of rotatable bonds is 14. The summed E-state index contributed by atoms with van der Waals surface area (Å²) in [4.78, 5) is 26.3. The van der Waals surface area contributed by atoms with E-state index in [-0.39, 0.29) is 31.4 Å². The number of unbranched alkanes of at least 4 members (excludes halogenated alkanes) is 1. The third-order valence-corrected chi connectivity index (χ3v) is 6.78. The second kappa shape index (κ2) is 15.3. The molecule has 2 amide bonds. The summed E-state index contributed by atoms with van der Waals surface area (Å²) in [6.45, 7) is 6.05. The lowest BCUT2D eigenvalue weighted by Crippen LogP contribution is -2.51. The molecule has 214 valence electrons. The first-order valence-corrected chi connectivity index (χ1v) is 14.0. The van der Waals surface area contributed by atoms with Crippen molar-refractivity contribution < 1.29 is 19.8 Å². The number of nitrogens with zero attached hydrogens (tertiary/aromatic N) is 1. The van der Waals surface area contributed by atoms with Crippen LogP contribution in [0, 0.1) is 0 Å². The van der Waals surface area contributed by atoms with Crippen molar-refractivity contribution in [1.29, 1.82) is 0 Å². The Morgan fingerprint density at radius 3 is 2.25 bits per heavy atom. The number of aliphatic hydroxyl groups excluding tert-OH is 2. The van der Waals surface area contributed by atoms with Crippen molar-refractivity contribution in [1.82, 2.24) is 15.8 Å². The van der Waals surface area contributed by atoms with Gasteiger partial charge in [-0.2, -0.15) is 0 Å². The van der Waals surface area contributed by atoms with Crippen LogP contribution >= 0.6 is 0 Å². The molecular formula is C33H43N3O4. The molecule has 0 radical (unpaired) electrons. The summed E-state index contributed by atoms with van der Waals surface area (Å²) < 4.78 is 0. The van der Waals surface area contributed by atoms with Gasteiger partial charge in [0.1, 0.15) is 0 Å². The summed E-state index contributed by atoms with van der Waals surface area (Å²) in [7, 11) is 0. The molecule has 3 aromatic rings. The molecule has 0 saturated heterocycles. The molecule has 1 atom stereocenters. The highest BCUT2D eigenvalue weighted by Crippen LogP contribution is 2.24. The van der Waals surface area contributed by atoms with E-state index in [9.17, 15) is 19.8 Å². The van der Waals surface area contributed by atoms with E-state index >= 15 is 0 Å². The topological polar surface area (TPSA) is 102 Å². The van der Waals surface area contributed by atoms with Gasteiger partial charge in [-0.3, -0.25) is 15.0 Å². The van der Waals surface area contributed by atoms with E-state index < -0.39 is 11.6 Å². The van der Waals surface area contributed by atoms with Gasteiger partial charge in [-0.1, -0.05) is 78.9 Å². The molecule has 0 aliphatic carbocycles. The zero-order valence-electron chi connectivity index (χ0n) is 23.9. The first-order valence-electron chi connectivity index (χ1n) is 14.0. The fourth-order valence-corrected chi connectivity index (χ4v) is 4.57. The number of hydrogen-bond donors (Lipinski definition) is 4. The number of aryl methyl sites for hydroxylation is 1. The predicted molar refractivity (Wildman–Crippen MR) is 159 cm³/mol. The van der Waals surface area contributed by atoms with Crippen LogP contribution in [0.15, 0.2) is 78.9 Å². The summed E-state index contributed by atoms with van der Waals surface area (Å²) in [5.74, 6) is -0.403. The fourth-order valence-electron chi connectivity index (χ4n) is 4.57. The van der Waals surface area contributed by atoms with Crippen molar-refractivity contribution in [3.05, 3.63) is 95.6 Å². The van der Waals surface area contributed by atoms with Crippen molar-refractivity contribution in [2.75, 3.05) is 6.54 Å². The van der Waals surface area contributed by atoms with Gasteiger partial charge in [0.15, 0.2) is 0 Å². The Bertz CT molecular complexity index is 1210. The molecule has 7 nitrogen and oxygen atoms in total. The number of aliphatic hydroxyl groups is 2. The number of carbonyl (C=O) groups excluding carboxylic acids is 2. The highest BCUT2D eigenvalue weighted by Gasteiger charge is 2.24. The number of carbonyl (C=O) groups is 2. The lowest BCUT2D eigenvalue weighted by atomic mass is 9.99. The molecule has 0 fully saturated rings. The Balaban J connectivity index is 1.67. The number of benzene rings is 3. The van der Waals surface area contributed by atoms with Crippen molar-refractivity contribution in [3.63, 3.8) is 0 Å². The molecule has 4 N–H and O–H groups in total. The molecule has 3 rings (SSSR count). The second-order valence-corrected chi connectivity index (χ2v) is 11.0. The monoisotopic (exact) mass is 545 g/mol. The summed E-state index contributed by atoms with van der Waals surface area (Å²) in [6, 6.07) is 25.7. The Hall–Kier alpha value is -3.52. The molecule has 40 heavy (non-hydrogen) atoms. The molecule has 0 aromatic heterocycles. The average molecular weight is 546 g/mol. The van der Waals surface area contributed by atoms with Crippen molar-refractivity contribution in [3.8, 4) is 11.1 Å². The molecule has 0 bridgehead atoms. The SMILES string of the molecule is C[C@@H](O)CNC(C)(C)CC(=O)NN(Cc1ccc(-c2ccccc2CO)cc1)C(=O)CCCCc1ccccc1. The van der Waals surface area contributed by atoms with Crippen LogP contribution in [0.25, 0.3) is 11.1 Å². The van der Waals surface area contributed by atoms with Crippen molar-refractivity contribution >= 4 is 11.8 Å². The van der Waals surface area contributed by atoms with Gasteiger partial charge < -0.3 is 15.5 Å². The minimum atomic E-state index is -0.548. The minimum Gasteiger partial charge on any atom is -0.392 e. The molecule has 0 unspecified atom stereocenters. The smallest absolute Gasteiger partial charge is 0.241 e. The lowest BCUT2D eigenvalue weighted by molar-refractivity contribution is -0.142. The maximum atomic E-state index is 13.3. The first-order chi connectivity index (χ1) is 19.2. The van der Waals surface area contributed by atoms with Gasteiger partial charge in [-0.15, -0.1) is 0 Å². The number of hydrogen-bond acceptors (Lipinski definition) is 5. The third kappa shape index (κ3) is 10.2. The van der Waals surface area contributed by atoms with Gasteiger partial charge >= 0.3 is 0 Å². The van der Waals surface area contributed by atoms with Crippen LogP contribution < -0.4 is 10.7 Å². The van der Waals surface area contributed by atoms with Gasteiger partial charge in [0, 0.05) is 24.9 Å². The highest BCUT2D eigenvalue weighted by molar-refractivity contribution is 5.82. The van der Waals surface area contributed by atoms with Gasteiger partial charge in [-0.25, -0.2) is 5.01 Å². The van der Waals surface area contributed by atoms with Crippen LogP contribution in [0.3, 0.4) is 0 Å². The van der Waals surface area contributed by atoms with E-state index in [1.807, 2.05) is 80.6 Å². The lowest BCUT2D eigenvalue weighted by Gasteiger charge is -2.29. The summed E-state index contributed by atoms with van der Waals surface area (Å²) >= 11 is 0. The standard InChI is InChI=1S/C33H43N3O4/c1-25(38)22-34-33(2,3)21-31(39)35-36(32(40)16-10-7-13-26-11-5-4-6-12-26)23-27-17-19-28(20-18-27)30-15-9-8-14-29(30)24-37/h4-6,8-9,11-12,14-15,17-20,25,34,37-38H,7,10,13,16,21-24H2,1-3H3,(H,35,39)/t25-/m1/s1. The van der Waals surface area contributed by atoms with E-state index in [4.69, 9.17) is 0 Å². The summed E-state index contributed by atoms with van der Waals surface area (Å²) in [5, 5.41) is 23.9. The van der Waals surface area contributed by atoms with Gasteiger partial charge in [0.2, 0.25) is 11.8 Å². The zero-order chi connectivity index (χ0) is 29.0. The molecule has 0 heterocycles. The number of hydrazine groups is 1. The largest absolute Gasteiger partial charge is 0.392 e. The fraction of sp³-hybridized carbons (Fsp3) is 0.394. The highest BCUT2D eigenvalue weighted by atomic mass is 16.3. The average Bonchev–Trinajstić information content (AvgIpc) is 2.94. The van der Waals surface area contributed by atoms with Crippen LogP contribution in [0.5, 0.6) is 0 Å². The van der Waals surface area contributed by atoms with E-state index in [1.54, 1.807) is 6.92 Å². The quantitative estimate of drug-likeness (QED) is 0.173. The number of nitrogens with one attached hydrogen (secondary N) is 2. The van der Waals surface area contributed by atoms with Gasteiger partial charge in [0.25, 0.3) is 0 Å². The van der Waals surface area contributed by atoms with E-state index in [1.165, 1.54) is 10.6 Å². The van der Waals surface area contributed by atoms with Crippen molar-refractivity contribution in [2.24, 2.45) is 0 Å². The van der Waals surface area contributed by atoms with Gasteiger partial charge in [-0.05, 0) is 67.9 Å². The predicted octanol–water partition coefficient (Wildman–Crippen LogP) is 4.76. The van der Waals surface area contributed by atoms with Crippen LogP contribution in [0.1, 0.15) is 63.1 Å². The van der Waals surface area contributed by atoms with E-state index in [2.05, 4.69) is 22.9 Å². The summed E-state index contributed by atoms with van der Waals surface area (Å²) in [6.07, 6.45) is 2.46. The second-order valence-electron chi connectivity index (χ2n) is 11.0. The van der Waals surface area contributed by atoms with Crippen molar-refractivity contribution in [2.45, 2.75) is 77.7 Å². The third-order valence-electron chi connectivity index (χ3n) is 6.78. The first kappa shape index (κ1) is 31.0. The zero-order valence-corrected chi connectivity index (χ0v) is 23.9. The molecule has 7 heteroatoms. The maximum Gasteiger partial charge on any atom is 0.241 e. The molecule has 0 aliphatic rings. The van der Waals surface area contributed by atoms with Crippen LogP contribution in [-0.4, -0.2) is 45.2 Å². The van der Waals surface area contributed by atoms with Crippen LogP contribution in [0.4, 0.5) is 0 Å². The molecule has 0 aliphatic heterocycles. The normalized spacial score (nSPS) is 12.1. The number of β-amino-alcohol motifs (C(OH)–C–C–N with tert-alkyl or cyclic N) is 1. The Morgan fingerprint density at radius 2 is 1.57 bits per heavy atom. The maximum absolute atomic E-state index is 13.3. The Kier molecular flexibility index (Phi) is 11.9. The summed E-state index contributed by atoms with van der Waals surface area (Å²) in [5.41, 5.74) is 7.21. The van der Waals surface area contributed by atoms with Crippen LogP contribution in [-0.2, 0) is 29.2 Å². The molecule has 3 aromatic carbocycles.